The predicted octanol–water partition coefficient (Wildman–Crippen LogP) is 2.19. The standard InChI is InChI=1S/C9H22BN/c1-3-4-6-9(10-2)7-5-8-11/h9-10H,3-8,11H2,1-2H3. The minimum absolute atomic E-state index is 0.864. The highest BCUT2D eigenvalue weighted by molar-refractivity contribution is 6.35. The molecule has 0 aliphatic carbocycles. The second kappa shape index (κ2) is 8.12. The van der Waals surface area contributed by atoms with Gasteiger partial charge >= 0.3 is 0 Å². The van der Waals surface area contributed by atoms with Crippen molar-refractivity contribution < 1.29 is 0 Å². The van der Waals surface area contributed by atoms with Crippen LogP contribution in [0.4, 0.5) is 0 Å². The van der Waals surface area contributed by atoms with E-state index in [0.29, 0.717) is 0 Å². The van der Waals surface area contributed by atoms with Gasteiger partial charge in [0.15, 0.2) is 0 Å². The Morgan fingerprint density at radius 2 is 1.91 bits per heavy atom. The molecule has 0 aromatic rings. The van der Waals surface area contributed by atoms with E-state index in [1.165, 1.54) is 39.4 Å². The Morgan fingerprint density at radius 3 is 2.36 bits per heavy atom. The molecule has 1 unspecified atom stereocenters. The molecule has 1 atom stereocenters. The molecule has 0 saturated carbocycles. The second-order valence-electron chi connectivity index (χ2n) is 3.35. The van der Waals surface area contributed by atoms with E-state index in [-0.39, 0.29) is 0 Å². The minimum Gasteiger partial charge on any atom is -0.330 e. The van der Waals surface area contributed by atoms with Crippen molar-refractivity contribution in [1.29, 1.82) is 0 Å². The van der Waals surface area contributed by atoms with Crippen LogP contribution in [0.3, 0.4) is 0 Å². The van der Waals surface area contributed by atoms with Gasteiger partial charge < -0.3 is 5.73 Å². The summed E-state index contributed by atoms with van der Waals surface area (Å²) in [4.78, 5) is 0. The molecular weight excluding hydrogens is 133 g/mol. The molecule has 0 fully saturated rings. The smallest absolute Gasteiger partial charge is 0.120 e. The van der Waals surface area contributed by atoms with E-state index in [9.17, 15) is 0 Å². The van der Waals surface area contributed by atoms with E-state index in [2.05, 4.69) is 13.7 Å². The van der Waals surface area contributed by atoms with Gasteiger partial charge in [0.2, 0.25) is 0 Å². The third-order valence-electron chi connectivity index (χ3n) is 2.36. The third-order valence-corrected chi connectivity index (χ3v) is 2.36. The lowest BCUT2D eigenvalue weighted by Gasteiger charge is -2.11. The van der Waals surface area contributed by atoms with Crippen molar-refractivity contribution in [1.82, 2.24) is 0 Å². The molecule has 0 aromatic carbocycles. The molecule has 2 N–H and O–H groups in total. The summed E-state index contributed by atoms with van der Waals surface area (Å²) in [7, 11) is 1.33. The van der Waals surface area contributed by atoms with Gasteiger partial charge in [0.25, 0.3) is 0 Å². The van der Waals surface area contributed by atoms with Crippen molar-refractivity contribution in [3.8, 4) is 0 Å². The van der Waals surface area contributed by atoms with Crippen LogP contribution in [0, 0.1) is 0 Å². The van der Waals surface area contributed by atoms with Gasteiger partial charge in [-0.3, -0.25) is 0 Å². The summed E-state index contributed by atoms with van der Waals surface area (Å²) in [6.45, 7) is 5.41. The molecule has 0 heterocycles. The molecule has 2 heteroatoms. The van der Waals surface area contributed by atoms with Gasteiger partial charge in [-0.2, -0.15) is 0 Å². The fourth-order valence-electron chi connectivity index (χ4n) is 1.45. The molecule has 0 aliphatic rings. The molecule has 0 spiro atoms. The van der Waals surface area contributed by atoms with Crippen molar-refractivity contribution in [2.75, 3.05) is 6.54 Å². The molecule has 0 aliphatic heterocycles. The topological polar surface area (TPSA) is 26.0 Å². The summed E-state index contributed by atoms with van der Waals surface area (Å²) in [5.74, 6) is 0.943. The Balaban J connectivity index is 3.25. The summed E-state index contributed by atoms with van der Waals surface area (Å²) in [6.07, 6.45) is 6.68. The van der Waals surface area contributed by atoms with E-state index in [4.69, 9.17) is 5.73 Å². The van der Waals surface area contributed by atoms with Gasteiger partial charge in [0, 0.05) is 0 Å². The SMILES string of the molecule is CBC(CCCC)CCCN. The summed E-state index contributed by atoms with van der Waals surface area (Å²) in [5, 5.41) is 0. The van der Waals surface area contributed by atoms with Gasteiger partial charge in [-0.05, 0) is 13.0 Å². The van der Waals surface area contributed by atoms with Crippen molar-refractivity contribution in [3.05, 3.63) is 0 Å². The van der Waals surface area contributed by atoms with E-state index >= 15 is 0 Å². The van der Waals surface area contributed by atoms with Gasteiger partial charge in [-0.15, -0.1) is 0 Å². The number of unbranched alkanes of at least 4 members (excludes halogenated alkanes) is 1. The average molecular weight is 155 g/mol. The normalized spacial score (nSPS) is 13.0. The zero-order chi connectivity index (χ0) is 8.53. The molecule has 0 amide bonds. The number of hydrogen-bond acceptors (Lipinski definition) is 1. The Hall–Kier alpha value is 0.0249. The van der Waals surface area contributed by atoms with Crippen LogP contribution in [-0.4, -0.2) is 13.8 Å². The van der Waals surface area contributed by atoms with Crippen LogP contribution in [0.1, 0.15) is 39.0 Å². The molecule has 11 heavy (non-hydrogen) atoms. The highest BCUT2D eigenvalue weighted by atomic mass is 14.5. The first kappa shape index (κ1) is 11.0. The first-order valence-corrected chi connectivity index (χ1v) is 5.05. The van der Waals surface area contributed by atoms with Crippen molar-refractivity contribution in [2.24, 2.45) is 5.73 Å². The summed E-state index contributed by atoms with van der Waals surface area (Å²) < 4.78 is 0. The minimum atomic E-state index is 0.864. The molecule has 66 valence electrons. The maximum absolute atomic E-state index is 5.46. The first-order chi connectivity index (χ1) is 5.35. The van der Waals surface area contributed by atoms with Crippen LogP contribution in [-0.2, 0) is 0 Å². The van der Waals surface area contributed by atoms with Crippen LogP contribution in [0.5, 0.6) is 0 Å². The summed E-state index contributed by atoms with van der Waals surface area (Å²) in [6, 6.07) is 0. The van der Waals surface area contributed by atoms with Gasteiger partial charge in [-0.25, -0.2) is 0 Å². The van der Waals surface area contributed by atoms with E-state index in [0.717, 1.165) is 12.4 Å². The monoisotopic (exact) mass is 155 g/mol. The fourth-order valence-corrected chi connectivity index (χ4v) is 1.45. The van der Waals surface area contributed by atoms with Gasteiger partial charge in [-0.1, -0.05) is 45.2 Å². The highest BCUT2D eigenvalue weighted by Crippen LogP contribution is 2.19. The van der Waals surface area contributed by atoms with Crippen molar-refractivity contribution >= 4 is 7.28 Å². The largest absolute Gasteiger partial charge is 0.330 e. The van der Waals surface area contributed by atoms with E-state index < -0.39 is 0 Å². The van der Waals surface area contributed by atoms with E-state index in [1.54, 1.807) is 0 Å². The molecule has 1 nitrogen and oxygen atoms in total. The Labute approximate surface area is 72.0 Å². The third kappa shape index (κ3) is 6.42. The molecule has 0 rings (SSSR count). The quantitative estimate of drug-likeness (QED) is 0.560. The zero-order valence-electron chi connectivity index (χ0n) is 8.10. The lowest BCUT2D eigenvalue weighted by atomic mass is 9.63. The fraction of sp³-hybridized carbons (Fsp3) is 1.00. The number of rotatable bonds is 7. The Kier molecular flexibility index (Phi) is 8.14. The van der Waals surface area contributed by atoms with Crippen LogP contribution in [0.2, 0.25) is 12.6 Å². The lowest BCUT2D eigenvalue weighted by Crippen LogP contribution is -2.05. The maximum atomic E-state index is 5.46. The molecule has 0 saturated heterocycles. The van der Waals surface area contributed by atoms with Gasteiger partial charge in [0.05, 0.1) is 0 Å². The van der Waals surface area contributed by atoms with Gasteiger partial charge in [0.1, 0.15) is 7.28 Å². The first-order valence-electron chi connectivity index (χ1n) is 5.05. The van der Waals surface area contributed by atoms with Crippen LogP contribution in [0.25, 0.3) is 0 Å². The lowest BCUT2D eigenvalue weighted by molar-refractivity contribution is 0.607. The van der Waals surface area contributed by atoms with Crippen LogP contribution in [0.15, 0.2) is 0 Å². The summed E-state index contributed by atoms with van der Waals surface area (Å²) >= 11 is 0. The number of nitrogens with two attached hydrogens (primary N) is 1. The summed E-state index contributed by atoms with van der Waals surface area (Å²) in [5.41, 5.74) is 5.46. The predicted molar refractivity (Wildman–Crippen MR) is 54.6 cm³/mol. The highest BCUT2D eigenvalue weighted by Gasteiger charge is 2.04. The Bertz CT molecular complexity index is 68.0. The maximum Gasteiger partial charge on any atom is 0.120 e. The van der Waals surface area contributed by atoms with Crippen molar-refractivity contribution in [3.63, 3.8) is 0 Å². The molecular formula is C9H22BN. The van der Waals surface area contributed by atoms with Crippen LogP contribution >= 0.6 is 0 Å². The van der Waals surface area contributed by atoms with Crippen LogP contribution < -0.4 is 5.73 Å². The van der Waals surface area contributed by atoms with Crippen molar-refractivity contribution in [2.45, 2.75) is 51.7 Å². The molecule has 0 aromatic heterocycles. The number of hydrogen-bond donors (Lipinski definition) is 1. The second-order valence-corrected chi connectivity index (χ2v) is 3.35. The average Bonchev–Trinajstić information content (AvgIpc) is 2.05. The zero-order valence-corrected chi connectivity index (χ0v) is 8.10. The van der Waals surface area contributed by atoms with E-state index in [1.807, 2.05) is 0 Å². The Morgan fingerprint density at radius 1 is 1.27 bits per heavy atom. The molecule has 0 radical (unpaired) electrons. The molecule has 0 bridgehead atoms.